The van der Waals surface area contributed by atoms with Gasteiger partial charge in [-0.2, -0.15) is 0 Å². The molecule has 1 fully saturated rings. The molecule has 0 spiro atoms. The number of aliphatic carboxylic acids is 1. The highest BCUT2D eigenvalue weighted by Crippen LogP contribution is 2.21. The van der Waals surface area contributed by atoms with E-state index in [2.05, 4.69) is 5.32 Å². The maximum atomic E-state index is 12.2. The Balaban J connectivity index is 2.55. The minimum atomic E-state index is -0.906. The van der Waals surface area contributed by atoms with Gasteiger partial charge >= 0.3 is 12.0 Å². The van der Waals surface area contributed by atoms with Crippen molar-refractivity contribution in [3.05, 3.63) is 0 Å². The lowest BCUT2D eigenvalue weighted by atomic mass is 10.1. The lowest BCUT2D eigenvalue weighted by molar-refractivity contribution is -0.138. The summed E-state index contributed by atoms with van der Waals surface area (Å²) in [5, 5.41) is 11.4. The van der Waals surface area contributed by atoms with Gasteiger partial charge in [-0.1, -0.05) is 0 Å². The van der Waals surface area contributed by atoms with Crippen LogP contribution in [0.15, 0.2) is 0 Å². The molecule has 0 aromatic rings. The molecule has 0 radical (unpaired) electrons. The van der Waals surface area contributed by atoms with Gasteiger partial charge in [0.1, 0.15) is 6.54 Å². The summed E-state index contributed by atoms with van der Waals surface area (Å²) in [6.07, 6.45) is 1.46. The lowest BCUT2D eigenvalue weighted by Crippen LogP contribution is -2.47. The molecule has 108 valence electrons. The number of nitrogens with zero attached hydrogens (tertiary/aromatic N) is 2. The lowest BCUT2D eigenvalue weighted by Gasteiger charge is -2.28. The normalized spacial score (nSPS) is 18.2. The number of likely N-dealkylation sites (N-methyl/N-ethyl adjacent to an activating group) is 2. The molecule has 0 aromatic heterocycles. The van der Waals surface area contributed by atoms with Gasteiger partial charge in [-0.05, 0) is 19.8 Å². The smallest absolute Gasteiger partial charge is 0.320 e. The van der Waals surface area contributed by atoms with E-state index in [0.717, 1.165) is 6.42 Å². The van der Waals surface area contributed by atoms with E-state index in [1.165, 1.54) is 4.90 Å². The van der Waals surface area contributed by atoms with Crippen LogP contribution in [-0.4, -0.2) is 65.5 Å². The fourth-order valence-corrected chi connectivity index (χ4v) is 2.26. The molecular formula is C12H21N3O4. The van der Waals surface area contributed by atoms with Crippen LogP contribution >= 0.6 is 0 Å². The topological polar surface area (TPSA) is 90.0 Å². The Morgan fingerprint density at radius 2 is 2.11 bits per heavy atom. The highest BCUT2D eigenvalue weighted by atomic mass is 16.4. The van der Waals surface area contributed by atoms with Gasteiger partial charge in [0.15, 0.2) is 0 Å². The van der Waals surface area contributed by atoms with Crippen molar-refractivity contribution in [1.82, 2.24) is 15.1 Å². The summed E-state index contributed by atoms with van der Waals surface area (Å²) in [5.74, 6) is -1.12. The zero-order valence-corrected chi connectivity index (χ0v) is 11.4. The van der Waals surface area contributed by atoms with Crippen molar-refractivity contribution >= 4 is 17.9 Å². The fourth-order valence-electron chi connectivity index (χ4n) is 2.26. The standard InChI is InChI=1S/C12H21N3O4/c1-3-13-10(16)8-14(2)12(19)15-6-4-5-9(15)7-11(17)18/h9H,3-8H2,1-2H3,(H,13,16)(H,17,18). The Kier molecular flexibility index (Phi) is 5.59. The summed E-state index contributed by atoms with van der Waals surface area (Å²) in [4.78, 5) is 37.2. The maximum Gasteiger partial charge on any atom is 0.320 e. The predicted octanol–water partition coefficient (Wildman–Crippen LogP) is 0.113. The van der Waals surface area contributed by atoms with Crippen molar-refractivity contribution in [3.63, 3.8) is 0 Å². The molecule has 0 bridgehead atoms. The molecule has 1 rings (SSSR count). The van der Waals surface area contributed by atoms with Gasteiger partial charge in [0.25, 0.3) is 0 Å². The second kappa shape index (κ2) is 6.96. The van der Waals surface area contributed by atoms with Crippen LogP contribution in [0.1, 0.15) is 26.2 Å². The van der Waals surface area contributed by atoms with Gasteiger partial charge in [-0.15, -0.1) is 0 Å². The molecule has 1 unspecified atom stereocenters. The minimum Gasteiger partial charge on any atom is -0.481 e. The first-order valence-electron chi connectivity index (χ1n) is 6.46. The number of rotatable bonds is 5. The number of carbonyl (C=O) groups is 3. The predicted molar refractivity (Wildman–Crippen MR) is 68.7 cm³/mol. The van der Waals surface area contributed by atoms with E-state index in [-0.39, 0.29) is 30.9 Å². The van der Waals surface area contributed by atoms with Crippen molar-refractivity contribution < 1.29 is 19.5 Å². The van der Waals surface area contributed by atoms with Crippen molar-refractivity contribution in [1.29, 1.82) is 0 Å². The number of hydrogen-bond acceptors (Lipinski definition) is 3. The fraction of sp³-hybridized carbons (Fsp3) is 0.750. The number of amides is 3. The number of carbonyl (C=O) groups excluding carboxylic acids is 2. The monoisotopic (exact) mass is 271 g/mol. The highest BCUT2D eigenvalue weighted by Gasteiger charge is 2.32. The molecule has 0 saturated carbocycles. The number of urea groups is 1. The summed E-state index contributed by atoms with van der Waals surface area (Å²) in [7, 11) is 1.55. The van der Waals surface area contributed by atoms with Gasteiger partial charge in [0.2, 0.25) is 5.91 Å². The summed E-state index contributed by atoms with van der Waals surface area (Å²) >= 11 is 0. The van der Waals surface area contributed by atoms with Gasteiger partial charge in [-0.25, -0.2) is 4.79 Å². The molecule has 0 aromatic carbocycles. The summed E-state index contributed by atoms with van der Waals surface area (Å²) in [6.45, 7) is 2.87. The van der Waals surface area contributed by atoms with E-state index in [4.69, 9.17) is 5.11 Å². The summed E-state index contributed by atoms with van der Waals surface area (Å²) in [6, 6.07) is -0.545. The molecule has 7 heteroatoms. The van der Waals surface area contributed by atoms with Gasteiger partial charge in [-0.3, -0.25) is 9.59 Å². The average molecular weight is 271 g/mol. The van der Waals surface area contributed by atoms with Gasteiger partial charge < -0.3 is 20.2 Å². The Labute approximate surface area is 112 Å². The third kappa shape index (κ3) is 4.42. The number of nitrogens with one attached hydrogen (secondary N) is 1. The number of hydrogen-bond donors (Lipinski definition) is 2. The summed E-state index contributed by atoms with van der Waals surface area (Å²) < 4.78 is 0. The molecule has 1 aliphatic heterocycles. The maximum absolute atomic E-state index is 12.2. The van der Waals surface area contributed by atoms with Crippen LogP contribution in [0.4, 0.5) is 4.79 Å². The van der Waals surface area contributed by atoms with E-state index in [9.17, 15) is 14.4 Å². The van der Waals surface area contributed by atoms with Crippen LogP contribution in [0, 0.1) is 0 Å². The molecule has 1 aliphatic rings. The molecule has 3 amide bonds. The second-order valence-corrected chi connectivity index (χ2v) is 4.68. The zero-order valence-electron chi connectivity index (χ0n) is 11.4. The van der Waals surface area contributed by atoms with E-state index >= 15 is 0 Å². The quantitative estimate of drug-likeness (QED) is 0.743. The van der Waals surface area contributed by atoms with Crippen molar-refractivity contribution in [2.45, 2.75) is 32.2 Å². The van der Waals surface area contributed by atoms with Crippen molar-refractivity contribution in [3.8, 4) is 0 Å². The Hall–Kier alpha value is -1.79. The van der Waals surface area contributed by atoms with Crippen LogP contribution in [0.25, 0.3) is 0 Å². The van der Waals surface area contributed by atoms with E-state index in [1.807, 2.05) is 6.92 Å². The van der Waals surface area contributed by atoms with Crippen molar-refractivity contribution in [2.75, 3.05) is 26.7 Å². The first-order chi connectivity index (χ1) is 8.95. The van der Waals surface area contributed by atoms with Crippen LogP contribution < -0.4 is 5.32 Å². The Bertz CT molecular complexity index is 359. The Morgan fingerprint density at radius 1 is 1.42 bits per heavy atom. The molecule has 1 saturated heterocycles. The van der Waals surface area contributed by atoms with Crippen LogP contribution in [0.5, 0.6) is 0 Å². The van der Waals surface area contributed by atoms with E-state index < -0.39 is 5.97 Å². The zero-order chi connectivity index (χ0) is 14.4. The highest BCUT2D eigenvalue weighted by molar-refractivity contribution is 5.84. The van der Waals surface area contributed by atoms with Gasteiger partial charge in [0, 0.05) is 26.2 Å². The first-order valence-corrected chi connectivity index (χ1v) is 6.46. The van der Waals surface area contributed by atoms with Gasteiger partial charge in [0.05, 0.1) is 6.42 Å². The van der Waals surface area contributed by atoms with Crippen LogP contribution in [0.3, 0.4) is 0 Å². The third-order valence-electron chi connectivity index (χ3n) is 3.11. The first kappa shape index (κ1) is 15.3. The molecule has 7 nitrogen and oxygen atoms in total. The number of carboxylic acid groups (broad SMARTS) is 1. The minimum absolute atomic E-state index is 0.0109. The van der Waals surface area contributed by atoms with E-state index in [1.54, 1.807) is 11.9 Å². The van der Waals surface area contributed by atoms with Crippen LogP contribution in [-0.2, 0) is 9.59 Å². The van der Waals surface area contributed by atoms with Crippen molar-refractivity contribution in [2.24, 2.45) is 0 Å². The SMILES string of the molecule is CCNC(=O)CN(C)C(=O)N1CCCC1CC(=O)O. The Morgan fingerprint density at radius 3 is 2.68 bits per heavy atom. The molecule has 0 aliphatic carbocycles. The molecular weight excluding hydrogens is 250 g/mol. The third-order valence-corrected chi connectivity index (χ3v) is 3.11. The number of carboxylic acids is 1. The molecule has 2 N–H and O–H groups in total. The summed E-state index contributed by atoms with van der Waals surface area (Å²) in [5.41, 5.74) is 0. The molecule has 1 atom stereocenters. The largest absolute Gasteiger partial charge is 0.481 e. The second-order valence-electron chi connectivity index (χ2n) is 4.68. The van der Waals surface area contributed by atoms with Crippen LogP contribution in [0.2, 0.25) is 0 Å². The molecule has 19 heavy (non-hydrogen) atoms. The molecule has 1 heterocycles. The average Bonchev–Trinajstić information content (AvgIpc) is 2.75. The number of likely N-dealkylation sites (tertiary alicyclic amines) is 1. The van der Waals surface area contributed by atoms with E-state index in [0.29, 0.717) is 19.5 Å².